The number of carbonyl (C=O) groups is 1. The molecule has 1 N–H and O–H groups in total. The van der Waals surface area contributed by atoms with E-state index in [0.717, 1.165) is 42.1 Å². The van der Waals surface area contributed by atoms with E-state index in [1.165, 1.54) is 12.0 Å². The van der Waals surface area contributed by atoms with Crippen molar-refractivity contribution in [1.29, 1.82) is 0 Å². The Kier molecular flexibility index (Phi) is 5.49. The predicted octanol–water partition coefficient (Wildman–Crippen LogP) is 5.44. The Morgan fingerprint density at radius 3 is 2.85 bits per heavy atom. The van der Waals surface area contributed by atoms with E-state index in [1.807, 2.05) is 40.6 Å². The second-order valence-electron chi connectivity index (χ2n) is 6.88. The minimum atomic E-state index is -0.00748. The van der Waals surface area contributed by atoms with E-state index in [-0.39, 0.29) is 12.1 Å². The van der Waals surface area contributed by atoms with E-state index in [9.17, 15) is 4.79 Å². The van der Waals surface area contributed by atoms with Crippen LogP contribution in [0.5, 0.6) is 0 Å². The Morgan fingerprint density at radius 2 is 2.04 bits per heavy atom. The highest BCUT2D eigenvalue weighted by molar-refractivity contribution is 7.13. The van der Waals surface area contributed by atoms with E-state index in [1.54, 1.807) is 17.5 Å². The number of carbonyl (C=O) groups excluding carboxylic acids is 1. The molecule has 2 heterocycles. The molecule has 0 spiro atoms. The third-order valence-electron chi connectivity index (χ3n) is 5.00. The Labute approximate surface area is 163 Å². The molecule has 0 radical (unpaired) electrons. The van der Waals surface area contributed by atoms with Crippen molar-refractivity contribution in [2.24, 2.45) is 0 Å². The van der Waals surface area contributed by atoms with Crippen LogP contribution in [0.3, 0.4) is 0 Å². The fraction of sp³-hybridized carbons (Fsp3) is 0.273. The lowest BCUT2D eigenvalue weighted by Gasteiger charge is -2.36. The number of hydrogen-bond donors (Lipinski definition) is 1. The molecular weight excluding hydrogens is 354 g/mol. The van der Waals surface area contributed by atoms with Gasteiger partial charge in [0.2, 0.25) is 0 Å². The summed E-state index contributed by atoms with van der Waals surface area (Å²) in [4.78, 5) is 19.3. The molecule has 0 bridgehead atoms. The maximum Gasteiger partial charge on any atom is 0.322 e. The average Bonchev–Trinajstić information content (AvgIpc) is 3.24. The van der Waals surface area contributed by atoms with Crippen LogP contribution in [0.2, 0.25) is 0 Å². The predicted molar refractivity (Wildman–Crippen MR) is 111 cm³/mol. The van der Waals surface area contributed by atoms with Gasteiger partial charge in [0.1, 0.15) is 5.01 Å². The molecule has 5 heteroatoms. The smallest absolute Gasteiger partial charge is 0.321 e. The molecule has 1 aliphatic rings. The first-order chi connectivity index (χ1) is 13.3. The molecule has 27 heavy (non-hydrogen) atoms. The number of urea groups is 1. The zero-order valence-corrected chi connectivity index (χ0v) is 16.0. The summed E-state index contributed by atoms with van der Waals surface area (Å²) in [6, 6.07) is 18.6. The van der Waals surface area contributed by atoms with Crippen LogP contribution in [-0.4, -0.2) is 28.5 Å². The van der Waals surface area contributed by atoms with Crippen LogP contribution in [-0.2, 0) is 6.42 Å². The van der Waals surface area contributed by atoms with Crippen molar-refractivity contribution in [2.45, 2.75) is 31.7 Å². The number of amides is 2. The van der Waals surface area contributed by atoms with Crippen molar-refractivity contribution < 1.29 is 4.79 Å². The monoisotopic (exact) mass is 377 g/mol. The molecule has 1 saturated heterocycles. The number of hydrogen-bond acceptors (Lipinski definition) is 3. The van der Waals surface area contributed by atoms with E-state index < -0.39 is 0 Å². The summed E-state index contributed by atoms with van der Waals surface area (Å²) < 4.78 is 0. The molecule has 0 saturated carbocycles. The molecule has 3 aromatic rings. The normalized spacial score (nSPS) is 16.9. The van der Waals surface area contributed by atoms with Crippen molar-refractivity contribution in [2.75, 3.05) is 11.9 Å². The zero-order chi connectivity index (χ0) is 18.5. The van der Waals surface area contributed by atoms with Gasteiger partial charge in [0, 0.05) is 35.4 Å². The Morgan fingerprint density at radius 1 is 1.15 bits per heavy atom. The first-order valence-electron chi connectivity index (χ1n) is 9.41. The van der Waals surface area contributed by atoms with Crippen LogP contribution in [0.25, 0.3) is 10.6 Å². The minimum Gasteiger partial charge on any atom is -0.321 e. The number of benzene rings is 2. The Bertz CT molecular complexity index is 880. The fourth-order valence-corrected chi connectivity index (χ4v) is 4.29. The minimum absolute atomic E-state index is 0.00748. The summed E-state index contributed by atoms with van der Waals surface area (Å²) in [7, 11) is 0. The van der Waals surface area contributed by atoms with Crippen LogP contribution < -0.4 is 5.32 Å². The lowest BCUT2D eigenvalue weighted by Crippen LogP contribution is -2.46. The van der Waals surface area contributed by atoms with Gasteiger partial charge >= 0.3 is 6.03 Å². The van der Waals surface area contributed by atoms with E-state index >= 15 is 0 Å². The molecule has 2 amide bonds. The van der Waals surface area contributed by atoms with Crippen molar-refractivity contribution in [1.82, 2.24) is 9.88 Å². The molecular formula is C22H23N3OS. The van der Waals surface area contributed by atoms with Crippen molar-refractivity contribution in [3.63, 3.8) is 0 Å². The first kappa shape index (κ1) is 17.7. The van der Waals surface area contributed by atoms with Gasteiger partial charge in [-0.25, -0.2) is 9.78 Å². The third-order valence-corrected chi connectivity index (χ3v) is 5.82. The molecule has 1 fully saturated rings. The molecule has 1 atom stereocenters. The molecule has 1 aliphatic heterocycles. The van der Waals surface area contributed by atoms with Gasteiger partial charge in [0.25, 0.3) is 0 Å². The SMILES string of the molecule is O=C(Nc1cccc(-c2nccs2)c1)N1CCCCC1Cc1ccccc1. The van der Waals surface area contributed by atoms with Crippen LogP contribution >= 0.6 is 11.3 Å². The van der Waals surface area contributed by atoms with E-state index in [2.05, 4.69) is 34.6 Å². The summed E-state index contributed by atoms with van der Waals surface area (Å²) in [5.74, 6) is 0. The lowest BCUT2D eigenvalue weighted by molar-refractivity contribution is 0.162. The number of aromatic nitrogens is 1. The summed E-state index contributed by atoms with van der Waals surface area (Å²) in [5.41, 5.74) is 3.13. The van der Waals surface area contributed by atoms with Gasteiger partial charge in [-0.15, -0.1) is 11.3 Å². The van der Waals surface area contributed by atoms with E-state index in [4.69, 9.17) is 0 Å². The molecule has 1 unspecified atom stereocenters. The Balaban J connectivity index is 1.47. The van der Waals surface area contributed by atoms with Gasteiger partial charge in [0.05, 0.1) is 0 Å². The largest absolute Gasteiger partial charge is 0.322 e. The van der Waals surface area contributed by atoms with Gasteiger partial charge < -0.3 is 10.2 Å². The first-order valence-corrected chi connectivity index (χ1v) is 10.3. The lowest BCUT2D eigenvalue weighted by atomic mass is 9.96. The number of nitrogens with one attached hydrogen (secondary N) is 1. The van der Waals surface area contributed by atoms with Crippen LogP contribution in [0, 0.1) is 0 Å². The number of nitrogens with zero attached hydrogens (tertiary/aromatic N) is 2. The molecule has 4 rings (SSSR count). The van der Waals surface area contributed by atoms with Crippen LogP contribution in [0.4, 0.5) is 10.5 Å². The summed E-state index contributed by atoms with van der Waals surface area (Å²) in [5, 5.41) is 6.02. The topological polar surface area (TPSA) is 45.2 Å². The fourth-order valence-electron chi connectivity index (χ4n) is 3.66. The molecule has 1 aromatic heterocycles. The second kappa shape index (κ2) is 8.35. The maximum atomic E-state index is 13.0. The van der Waals surface area contributed by atoms with E-state index in [0.29, 0.717) is 0 Å². The second-order valence-corrected chi connectivity index (χ2v) is 7.78. The molecule has 138 valence electrons. The zero-order valence-electron chi connectivity index (χ0n) is 15.2. The quantitative estimate of drug-likeness (QED) is 0.658. The highest BCUT2D eigenvalue weighted by Crippen LogP contribution is 2.26. The summed E-state index contributed by atoms with van der Waals surface area (Å²) >= 11 is 1.60. The van der Waals surface area contributed by atoms with Gasteiger partial charge in [-0.1, -0.05) is 42.5 Å². The highest BCUT2D eigenvalue weighted by atomic mass is 32.1. The maximum absolute atomic E-state index is 13.0. The summed E-state index contributed by atoms with van der Waals surface area (Å²) in [6.45, 7) is 0.815. The average molecular weight is 378 g/mol. The van der Waals surface area contributed by atoms with Gasteiger partial charge in [-0.2, -0.15) is 0 Å². The van der Waals surface area contributed by atoms with Gasteiger partial charge in [-0.05, 0) is 43.4 Å². The molecule has 0 aliphatic carbocycles. The number of anilines is 1. The van der Waals surface area contributed by atoms with Crippen LogP contribution in [0.15, 0.2) is 66.2 Å². The van der Waals surface area contributed by atoms with Gasteiger partial charge in [0.15, 0.2) is 0 Å². The van der Waals surface area contributed by atoms with Crippen molar-refractivity contribution in [3.8, 4) is 10.6 Å². The number of likely N-dealkylation sites (tertiary alicyclic amines) is 1. The standard InChI is InChI=1S/C22H23N3OS/c26-22(24-19-10-6-9-18(16-19)21-23-12-14-27-21)25-13-5-4-11-20(25)15-17-7-2-1-3-8-17/h1-3,6-10,12,14,16,20H,4-5,11,13,15H2,(H,24,26). The highest BCUT2D eigenvalue weighted by Gasteiger charge is 2.26. The van der Waals surface area contributed by atoms with Crippen LogP contribution in [0.1, 0.15) is 24.8 Å². The number of piperidine rings is 1. The number of thiazole rings is 1. The number of rotatable bonds is 4. The Hall–Kier alpha value is -2.66. The van der Waals surface area contributed by atoms with Crippen molar-refractivity contribution in [3.05, 3.63) is 71.7 Å². The van der Waals surface area contributed by atoms with Crippen molar-refractivity contribution >= 4 is 23.1 Å². The third kappa shape index (κ3) is 4.37. The summed E-state index contributed by atoms with van der Waals surface area (Å²) in [6.07, 6.45) is 6.01. The molecule has 4 nitrogen and oxygen atoms in total. The van der Waals surface area contributed by atoms with Gasteiger partial charge in [-0.3, -0.25) is 0 Å². The molecule has 2 aromatic carbocycles.